The Labute approximate surface area is 242 Å². The molecule has 0 amide bonds. The Balaban J connectivity index is 0.000000856. The molecule has 1 aromatic carbocycles. The Morgan fingerprint density at radius 1 is 1.10 bits per heavy atom. The molecular weight excluding hydrogens is 552 g/mol. The van der Waals surface area contributed by atoms with Crippen LogP contribution in [0.1, 0.15) is 44.3 Å². The zero-order valence-electron chi connectivity index (χ0n) is 24.2. The number of benzene rings is 1. The lowest BCUT2D eigenvalue weighted by atomic mass is 10.1. The van der Waals surface area contributed by atoms with Crippen LogP contribution in [0.5, 0.6) is 5.75 Å². The summed E-state index contributed by atoms with van der Waals surface area (Å²) in [4.78, 5) is 37.8. The maximum absolute atomic E-state index is 13.2. The van der Waals surface area contributed by atoms with Gasteiger partial charge in [0.2, 0.25) is 5.96 Å². The van der Waals surface area contributed by atoms with Crippen molar-refractivity contribution in [3.05, 3.63) is 51.7 Å². The van der Waals surface area contributed by atoms with E-state index in [9.17, 15) is 14.7 Å². The van der Waals surface area contributed by atoms with E-state index >= 15 is 0 Å². The van der Waals surface area contributed by atoms with E-state index < -0.39 is 18.2 Å². The normalized spacial score (nSPS) is 11.0. The molecule has 3 rings (SSSR count). The molecule has 0 aliphatic carbocycles. The highest BCUT2D eigenvalue weighted by molar-refractivity contribution is 5.77. The van der Waals surface area contributed by atoms with Crippen molar-refractivity contribution in [1.82, 2.24) is 19.3 Å². The summed E-state index contributed by atoms with van der Waals surface area (Å²) in [7, 11) is 1.78. The third-order valence-electron chi connectivity index (χ3n) is 5.62. The maximum atomic E-state index is 13.2. The van der Waals surface area contributed by atoms with Gasteiger partial charge in [-0.25, -0.2) is 14.6 Å². The molecule has 0 radical (unpaired) electrons. The number of rotatable bonds is 12. The fourth-order valence-electron chi connectivity index (χ4n) is 3.88. The molecule has 1 atom stereocenters. The van der Waals surface area contributed by atoms with E-state index in [1.807, 2.05) is 19.1 Å². The van der Waals surface area contributed by atoms with Crippen molar-refractivity contribution < 1.29 is 34.4 Å². The number of ether oxygens (including phenoxy) is 2. The average molecular weight is 593 g/mol. The fraction of sp³-hybridized carbons (Fsp3) is 0.462. The van der Waals surface area contributed by atoms with Crippen LogP contribution in [0, 0.1) is 0 Å². The van der Waals surface area contributed by atoms with Crippen LogP contribution in [0.15, 0.2) is 34.2 Å². The van der Waals surface area contributed by atoms with Gasteiger partial charge in [0.1, 0.15) is 23.7 Å². The number of fused-ring (bicyclic) bond motifs is 1. The highest BCUT2D eigenvalue weighted by atomic mass is 16.6. The number of carboxylic acids is 1. The SMILES string of the molecule is CCCc1nn(C)c2c(=O)n(CCOc3ccc(CC(OCC)C(=O)O)cc3)c(CC)nc12.NN=C(N)N.O=C(O)O. The summed E-state index contributed by atoms with van der Waals surface area (Å²) in [6.45, 7) is 6.84. The van der Waals surface area contributed by atoms with E-state index in [-0.39, 0.29) is 17.9 Å². The molecule has 2 heterocycles. The van der Waals surface area contributed by atoms with Crippen molar-refractivity contribution in [2.75, 3.05) is 13.2 Å². The average Bonchev–Trinajstić information content (AvgIpc) is 3.25. The monoisotopic (exact) mass is 592 g/mol. The lowest BCUT2D eigenvalue weighted by Crippen LogP contribution is -2.28. The number of carboxylic acid groups (broad SMARTS) is 3. The van der Waals surface area contributed by atoms with Crippen LogP contribution >= 0.6 is 0 Å². The number of aromatic nitrogens is 4. The molecular formula is C26H40N8O8. The molecule has 232 valence electrons. The summed E-state index contributed by atoms with van der Waals surface area (Å²) in [5.41, 5.74) is 12.2. The van der Waals surface area contributed by atoms with Crippen LogP contribution in [-0.2, 0) is 42.4 Å². The largest absolute Gasteiger partial charge is 0.503 e. The number of hydrogen-bond acceptors (Lipinski definition) is 9. The van der Waals surface area contributed by atoms with Crippen LogP contribution in [0.2, 0.25) is 0 Å². The quantitative estimate of drug-likeness (QED) is 0.0746. The summed E-state index contributed by atoms with van der Waals surface area (Å²) in [5, 5.41) is 30.5. The number of hydrogen-bond donors (Lipinski definition) is 6. The van der Waals surface area contributed by atoms with Crippen molar-refractivity contribution in [3.63, 3.8) is 0 Å². The van der Waals surface area contributed by atoms with Gasteiger partial charge in [0.05, 0.1) is 12.2 Å². The summed E-state index contributed by atoms with van der Waals surface area (Å²) in [6.07, 6.45) is -0.0603. The van der Waals surface area contributed by atoms with Gasteiger partial charge in [-0.3, -0.25) is 14.0 Å². The first kappa shape index (κ1) is 35.2. The third-order valence-corrected chi connectivity index (χ3v) is 5.62. The van der Waals surface area contributed by atoms with Crippen molar-refractivity contribution in [1.29, 1.82) is 0 Å². The molecule has 0 saturated carbocycles. The summed E-state index contributed by atoms with van der Waals surface area (Å²) >= 11 is 0. The van der Waals surface area contributed by atoms with Crippen molar-refractivity contribution in [2.24, 2.45) is 29.5 Å². The standard InChI is InChI=1S/C24H32N4O5.CH6N4.CH2O3/c1-5-8-18-21-22(27(4)26-18)23(29)28(20(6-2)25-21)13-14-33-17-11-9-16(10-12-17)15-19(24(30)31)32-7-3;2-1(3)5-4;2-1(3)4/h9-12,19H,5-8,13-15H2,1-4H3,(H,30,31);4H2,(H4,2,3,5);(H2,2,3,4). The topological polar surface area (TPSA) is 256 Å². The first-order valence-electron chi connectivity index (χ1n) is 13.1. The van der Waals surface area contributed by atoms with Crippen LogP contribution in [-0.4, -0.2) is 72.1 Å². The van der Waals surface area contributed by atoms with Gasteiger partial charge in [0, 0.05) is 26.5 Å². The maximum Gasteiger partial charge on any atom is 0.503 e. The number of nitrogens with zero attached hydrogens (tertiary/aromatic N) is 5. The molecule has 3 aromatic rings. The number of aliphatic carboxylic acids is 1. The molecule has 0 bridgehead atoms. The number of nitrogens with two attached hydrogens (primary N) is 3. The number of carbonyl (C=O) groups is 2. The van der Waals surface area contributed by atoms with Crippen molar-refractivity contribution in [3.8, 4) is 5.75 Å². The summed E-state index contributed by atoms with van der Waals surface area (Å²) < 4.78 is 14.4. The minimum atomic E-state index is -1.83. The van der Waals surface area contributed by atoms with E-state index in [2.05, 4.69) is 23.0 Å². The highest BCUT2D eigenvalue weighted by Gasteiger charge is 2.19. The Morgan fingerprint density at radius 3 is 2.17 bits per heavy atom. The van der Waals surface area contributed by atoms with E-state index in [4.69, 9.17) is 40.9 Å². The minimum Gasteiger partial charge on any atom is -0.492 e. The van der Waals surface area contributed by atoms with Crippen LogP contribution in [0.3, 0.4) is 0 Å². The van der Waals surface area contributed by atoms with Crippen LogP contribution in [0.4, 0.5) is 4.79 Å². The minimum absolute atomic E-state index is 0.0926. The molecule has 16 nitrogen and oxygen atoms in total. The molecule has 2 aromatic heterocycles. The Bertz CT molecular complexity index is 1380. The van der Waals surface area contributed by atoms with Gasteiger partial charge in [-0.15, -0.1) is 5.10 Å². The van der Waals surface area contributed by atoms with Crippen LogP contribution in [0.25, 0.3) is 11.0 Å². The molecule has 1 unspecified atom stereocenters. The first-order valence-corrected chi connectivity index (χ1v) is 13.1. The van der Waals surface area contributed by atoms with E-state index in [0.717, 1.165) is 24.1 Å². The molecule has 0 aliphatic heterocycles. The smallest absolute Gasteiger partial charge is 0.492 e. The van der Waals surface area contributed by atoms with Gasteiger partial charge in [0.15, 0.2) is 11.6 Å². The number of aryl methyl sites for hydroxylation is 3. The fourth-order valence-corrected chi connectivity index (χ4v) is 3.88. The molecule has 0 aliphatic rings. The van der Waals surface area contributed by atoms with Gasteiger partial charge in [-0.1, -0.05) is 32.4 Å². The second kappa shape index (κ2) is 17.8. The predicted molar refractivity (Wildman–Crippen MR) is 155 cm³/mol. The van der Waals surface area contributed by atoms with Gasteiger partial charge in [-0.2, -0.15) is 5.10 Å². The number of hydrazone groups is 1. The van der Waals surface area contributed by atoms with Crippen molar-refractivity contribution >= 4 is 29.1 Å². The summed E-state index contributed by atoms with van der Waals surface area (Å²) in [5.74, 6) is 4.80. The first-order chi connectivity index (χ1) is 19.9. The third kappa shape index (κ3) is 11.0. The molecule has 0 fully saturated rings. The van der Waals surface area contributed by atoms with Gasteiger partial charge >= 0.3 is 12.1 Å². The second-order valence-electron chi connectivity index (χ2n) is 8.67. The molecule has 0 saturated heterocycles. The van der Waals surface area contributed by atoms with E-state index in [0.29, 0.717) is 48.8 Å². The molecule has 9 N–H and O–H groups in total. The molecule has 42 heavy (non-hydrogen) atoms. The molecule has 16 heteroatoms. The van der Waals surface area contributed by atoms with Gasteiger partial charge < -0.3 is 42.1 Å². The predicted octanol–water partition coefficient (Wildman–Crippen LogP) is 1.11. The lowest BCUT2D eigenvalue weighted by Gasteiger charge is -2.14. The second-order valence-corrected chi connectivity index (χ2v) is 8.67. The van der Waals surface area contributed by atoms with E-state index in [1.165, 1.54) is 0 Å². The van der Waals surface area contributed by atoms with E-state index in [1.54, 1.807) is 35.4 Å². The Morgan fingerprint density at radius 2 is 1.69 bits per heavy atom. The highest BCUT2D eigenvalue weighted by Crippen LogP contribution is 2.17. The van der Waals surface area contributed by atoms with Gasteiger partial charge in [0.25, 0.3) is 5.56 Å². The van der Waals surface area contributed by atoms with Crippen LogP contribution < -0.4 is 27.6 Å². The summed E-state index contributed by atoms with van der Waals surface area (Å²) in [6, 6.07) is 7.24. The van der Waals surface area contributed by atoms with Crippen molar-refractivity contribution in [2.45, 2.75) is 59.1 Å². The number of guanidine groups is 1. The molecule has 0 spiro atoms. The lowest BCUT2D eigenvalue weighted by molar-refractivity contribution is -0.149. The Kier molecular flexibility index (Phi) is 14.9. The Hall–Kier alpha value is -4.86. The zero-order valence-corrected chi connectivity index (χ0v) is 24.2. The van der Waals surface area contributed by atoms with Gasteiger partial charge in [-0.05, 0) is 31.0 Å². The zero-order chi connectivity index (χ0) is 31.8.